The molecule has 2 aliphatic rings. The van der Waals surface area contributed by atoms with Crippen molar-refractivity contribution in [3.63, 3.8) is 0 Å². The number of amides is 1. The Morgan fingerprint density at radius 2 is 1.96 bits per heavy atom. The number of benzene rings is 1. The molecule has 126 valence electrons. The summed E-state index contributed by atoms with van der Waals surface area (Å²) in [5.41, 5.74) is 1.80. The van der Waals surface area contributed by atoms with Crippen molar-refractivity contribution in [2.45, 2.75) is 13.0 Å². The minimum Gasteiger partial charge on any atom is -0.355 e. The summed E-state index contributed by atoms with van der Waals surface area (Å²) >= 11 is 0. The third kappa shape index (κ3) is 2.64. The van der Waals surface area contributed by atoms with E-state index in [2.05, 4.69) is 28.1 Å². The smallest absolute Gasteiger partial charge is 0.219 e. The van der Waals surface area contributed by atoms with E-state index in [9.17, 15) is 10.1 Å². The van der Waals surface area contributed by atoms with Gasteiger partial charge in [0.15, 0.2) is 0 Å². The highest BCUT2D eigenvalue weighted by Gasteiger charge is 2.48. The maximum Gasteiger partial charge on any atom is 0.219 e. The Balaban J connectivity index is 1.65. The highest BCUT2D eigenvalue weighted by Crippen LogP contribution is 2.45. The van der Waals surface area contributed by atoms with Gasteiger partial charge in [0.1, 0.15) is 11.9 Å². The molecule has 25 heavy (non-hydrogen) atoms. The van der Waals surface area contributed by atoms with Gasteiger partial charge in [-0.2, -0.15) is 5.26 Å². The van der Waals surface area contributed by atoms with Crippen molar-refractivity contribution >= 4 is 11.7 Å². The van der Waals surface area contributed by atoms with Crippen LogP contribution in [-0.2, 0) is 4.79 Å². The van der Waals surface area contributed by atoms with Crippen molar-refractivity contribution in [3.8, 4) is 6.07 Å². The Labute approximate surface area is 147 Å². The topological polar surface area (TPSA) is 60.2 Å². The molecule has 1 aromatic heterocycles. The molecule has 0 unspecified atom stereocenters. The van der Waals surface area contributed by atoms with Crippen LogP contribution >= 0.6 is 0 Å². The van der Waals surface area contributed by atoms with Gasteiger partial charge < -0.3 is 9.80 Å². The zero-order chi connectivity index (χ0) is 17.4. The Hall–Kier alpha value is -2.87. The predicted octanol–water partition coefficient (Wildman–Crippen LogP) is 2.61. The first-order valence-corrected chi connectivity index (χ1v) is 8.61. The lowest BCUT2D eigenvalue weighted by Crippen LogP contribution is -2.34. The Morgan fingerprint density at radius 3 is 2.68 bits per heavy atom. The lowest BCUT2D eigenvalue weighted by Gasteiger charge is -2.29. The number of hydrogen-bond acceptors (Lipinski definition) is 4. The fourth-order valence-corrected chi connectivity index (χ4v) is 4.36. The normalized spacial score (nSPS) is 24.9. The third-order valence-electron chi connectivity index (χ3n) is 5.42. The summed E-state index contributed by atoms with van der Waals surface area (Å²) in [5.74, 6) is 1.66. The predicted molar refractivity (Wildman–Crippen MR) is 94.7 cm³/mol. The Kier molecular flexibility index (Phi) is 3.89. The average Bonchev–Trinajstić information content (AvgIpc) is 3.20. The SMILES string of the molecule is CC(=O)N1C[C@H]2CN(c3ncccc3C#N)C[C@H]2[C@H]1c1ccccc1. The quantitative estimate of drug-likeness (QED) is 0.848. The number of pyridine rings is 1. The van der Waals surface area contributed by atoms with E-state index in [1.165, 1.54) is 5.56 Å². The van der Waals surface area contributed by atoms with Gasteiger partial charge in [-0.05, 0) is 17.7 Å². The van der Waals surface area contributed by atoms with E-state index in [-0.39, 0.29) is 11.9 Å². The van der Waals surface area contributed by atoms with Crippen LogP contribution in [0.4, 0.5) is 5.82 Å². The summed E-state index contributed by atoms with van der Waals surface area (Å²) in [4.78, 5) is 20.8. The van der Waals surface area contributed by atoms with Gasteiger partial charge in [0.2, 0.25) is 5.91 Å². The van der Waals surface area contributed by atoms with Gasteiger partial charge in [0.05, 0.1) is 11.6 Å². The van der Waals surface area contributed by atoms with Crippen LogP contribution in [0.15, 0.2) is 48.7 Å². The van der Waals surface area contributed by atoms with E-state index < -0.39 is 0 Å². The van der Waals surface area contributed by atoms with Gasteiger partial charge in [-0.25, -0.2) is 4.98 Å². The molecule has 4 rings (SSSR count). The molecule has 5 heteroatoms. The molecule has 3 heterocycles. The van der Waals surface area contributed by atoms with E-state index in [1.807, 2.05) is 29.2 Å². The summed E-state index contributed by atoms with van der Waals surface area (Å²) in [6.07, 6.45) is 1.74. The maximum atomic E-state index is 12.2. The van der Waals surface area contributed by atoms with E-state index in [1.54, 1.807) is 19.2 Å². The van der Waals surface area contributed by atoms with Crippen molar-refractivity contribution in [1.82, 2.24) is 9.88 Å². The van der Waals surface area contributed by atoms with Crippen molar-refractivity contribution in [2.75, 3.05) is 24.5 Å². The molecule has 0 bridgehead atoms. The van der Waals surface area contributed by atoms with Gasteiger partial charge >= 0.3 is 0 Å². The lowest BCUT2D eigenvalue weighted by atomic mass is 9.89. The zero-order valence-electron chi connectivity index (χ0n) is 14.2. The monoisotopic (exact) mass is 332 g/mol. The van der Waals surface area contributed by atoms with Crippen LogP contribution in [0.1, 0.15) is 24.1 Å². The first-order valence-electron chi connectivity index (χ1n) is 8.61. The van der Waals surface area contributed by atoms with Crippen LogP contribution < -0.4 is 4.90 Å². The highest BCUT2D eigenvalue weighted by atomic mass is 16.2. The number of hydrogen-bond donors (Lipinski definition) is 0. The van der Waals surface area contributed by atoms with Crippen LogP contribution in [0.2, 0.25) is 0 Å². The average molecular weight is 332 g/mol. The first kappa shape index (κ1) is 15.6. The fourth-order valence-electron chi connectivity index (χ4n) is 4.36. The number of carbonyl (C=O) groups excluding carboxylic acids is 1. The molecule has 0 spiro atoms. The minimum absolute atomic E-state index is 0.1000. The van der Waals surface area contributed by atoms with Gasteiger partial charge in [0.25, 0.3) is 0 Å². The molecule has 0 aliphatic carbocycles. The number of carbonyl (C=O) groups is 1. The number of anilines is 1. The van der Waals surface area contributed by atoms with E-state index in [0.717, 1.165) is 25.5 Å². The standard InChI is InChI=1S/C20H20N4O/c1-14(25)24-12-17-11-23(20-16(10-21)8-5-9-22-20)13-18(17)19(24)15-6-3-2-4-7-15/h2-9,17-19H,11-13H2,1H3/t17-,18-,19-/m1/s1. The van der Waals surface area contributed by atoms with Crippen LogP contribution in [0, 0.1) is 23.2 Å². The van der Waals surface area contributed by atoms with Crippen molar-refractivity contribution < 1.29 is 4.79 Å². The molecule has 2 fully saturated rings. The summed E-state index contributed by atoms with van der Waals surface area (Å²) in [6, 6.07) is 16.2. The summed E-state index contributed by atoms with van der Waals surface area (Å²) in [5, 5.41) is 9.36. The summed E-state index contributed by atoms with van der Waals surface area (Å²) in [7, 11) is 0. The second-order valence-corrected chi connectivity index (χ2v) is 6.84. The van der Waals surface area contributed by atoms with E-state index in [4.69, 9.17) is 0 Å². The van der Waals surface area contributed by atoms with Gasteiger partial charge in [-0.15, -0.1) is 0 Å². The Morgan fingerprint density at radius 1 is 1.16 bits per heavy atom. The van der Waals surface area contributed by atoms with Crippen LogP contribution in [-0.4, -0.2) is 35.4 Å². The summed E-state index contributed by atoms with van der Waals surface area (Å²) < 4.78 is 0. The molecule has 0 N–H and O–H groups in total. The molecule has 0 radical (unpaired) electrons. The molecule has 2 aromatic rings. The molecule has 5 nitrogen and oxygen atoms in total. The summed E-state index contributed by atoms with van der Waals surface area (Å²) in [6.45, 7) is 4.08. The molecule has 0 saturated carbocycles. The number of rotatable bonds is 2. The number of likely N-dealkylation sites (tertiary alicyclic amines) is 1. The van der Waals surface area contributed by atoms with E-state index >= 15 is 0 Å². The number of nitriles is 1. The molecular formula is C20H20N4O. The molecule has 1 aromatic carbocycles. The number of fused-ring (bicyclic) bond motifs is 1. The van der Waals surface area contributed by atoms with Crippen LogP contribution in [0.5, 0.6) is 0 Å². The molecule has 1 amide bonds. The zero-order valence-corrected chi connectivity index (χ0v) is 14.2. The van der Waals surface area contributed by atoms with Crippen LogP contribution in [0.3, 0.4) is 0 Å². The third-order valence-corrected chi connectivity index (χ3v) is 5.42. The van der Waals surface area contributed by atoms with Crippen LogP contribution in [0.25, 0.3) is 0 Å². The minimum atomic E-state index is 0.1000. The van der Waals surface area contributed by atoms with Crippen molar-refractivity contribution in [2.24, 2.45) is 11.8 Å². The largest absolute Gasteiger partial charge is 0.355 e. The molecular weight excluding hydrogens is 312 g/mol. The molecule has 2 aliphatic heterocycles. The Bertz CT molecular complexity index is 829. The van der Waals surface area contributed by atoms with Crippen molar-refractivity contribution in [3.05, 3.63) is 59.8 Å². The first-order chi connectivity index (χ1) is 12.2. The number of aromatic nitrogens is 1. The molecule has 2 saturated heterocycles. The molecule has 3 atom stereocenters. The maximum absolute atomic E-state index is 12.2. The van der Waals surface area contributed by atoms with Crippen molar-refractivity contribution in [1.29, 1.82) is 5.26 Å². The highest BCUT2D eigenvalue weighted by molar-refractivity contribution is 5.74. The second kappa shape index (κ2) is 6.21. The van der Waals surface area contributed by atoms with Gasteiger partial charge in [0, 0.05) is 44.6 Å². The van der Waals surface area contributed by atoms with E-state index in [0.29, 0.717) is 17.4 Å². The number of nitrogens with zero attached hydrogens (tertiary/aromatic N) is 4. The van der Waals surface area contributed by atoms with Gasteiger partial charge in [-0.3, -0.25) is 4.79 Å². The fraction of sp³-hybridized carbons (Fsp3) is 0.350. The second-order valence-electron chi connectivity index (χ2n) is 6.84. The lowest BCUT2D eigenvalue weighted by molar-refractivity contribution is -0.130. The van der Waals surface area contributed by atoms with Gasteiger partial charge in [-0.1, -0.05) is 30.3 Å².